The second-order valence-corrected chi connectivity index (χ2v) is 5.97. The minimum Gasteiger partial charge on any atom is -0.321 e. The zero-order valence-corrected chi connectivity index (χ0v) is 12.8. The highest BCUT2D eigenvalue weighted by atomic mass is 32.1. The van der Waals surface area contributed by atoms with Gasteiger partial charge in [-0.2, -0.15) is 18.4 Å². The van der Waals surface area contributed by atoms with Crippen molar-refractivity contribution >= 4 is 29.0 Å². The second-order valence-electron chi connectivity index (χ2n) is 4.65. The van der Waals surface area contributed by atoms with Crippen molar-refractivity contribution in [2.24, 2.45) is 0 Å². The lowest BCUT2D eigenvalue weighted by molar-refractivity contribution is -0.137. The maximum Gasteiger partial charge on any atom is 0.416 e. The Morgan fingerprint density at radius 2 is 2.04 bits per heavy atom. The van der Waals surface area contributed by atoms with Gasteiger partial charge in [-0.1, -0.05) is 6.07 Å². The summed E-state index contributed by atoms with van der Waals surface area (Å²) in [5.74, 6) is -0.752. The number of halogens is 3. The van der Waals surface area contributed by atoms with E-state index >= 15 is 0 Å². The molecule has 0 saturated carbocycles. The topological polar surface area (TPSA) is 52.9 Å². The highest BCUT2D eigenvalue weighted by molar-refractivity contribution is 7.12. The number of hydrogen-bond donors (Lipinski definition) is 1. The molecule has 23 heavy (non-hydrogen) atoms. The smallest absolute Gasteiger partial charge is 0.321 e. The van der Waals surface area contributed by atoms with Gasteiger partial charge in [-0.25, -0.2) is 0 Å². The zero-order valence-electron chi connectivity index (χ0n) is 11.9. The number of amides is 1. The van der Waals surface area contributed by atoms with Crippen molar-refractivity contribution in [2.45, 2.75) is 13.1 Å². The third kappa shape index (κ3) is 4.44. The Hall–Kier alpha value is -2.59. The Balaban J connectivity index is 2.21. The second kappa shape index (κ2) is 6.67. The van der Waals surface area contributed by atoms with Gasteiger partial charge in [0.25, 0.3) is 5.91 Å². The summed E-state index contributed by atoms with van der Waals surface area (Å²) in [7, 11) is 0. The van der Waals surface area contributed by atoms with Crippen LogP contribution in [0, 0.1) is 18.3 Å². The summed E-state index contributed by atoms with van der Waals surface area (Å²) in [5, 5.41) is 11.4. The maximum atomic E-state index is 12.6. The van der Waals surface area contributed by atoms with Crippen LogP contribution in [0.25, 0.3) is 6.08 Å². The zero-order chi connectivity index (χ0) is 17.0. The molecule has 0 aliphatic heterocycles. The molecule has 0 unspecified atom stereocenters. The minimum atomic E-state index is -4.50. The molecular weight excluding hydrogens is 325 g/mol. The van der Waals surface area contributed by atoms with Gasteiger partial charge in [-0.3, -0.25) is 4.79 Å². The van der Waals surface area contributed by atoms with Gasteiger partial charge in [0.2, 0.25) is 0 Å². The van der Waals surface area contributed by atoms with Crippen LogP contribution >= 0.6 is 11.3 Å². The maximum absolute atomic E-state index is 12.6. The Morgan fingerprint density at radius 3 is 2.61 bits per heavy atom. The highest BCUT2D eigenvalue weighted by Crippen LogP contribution is 2.30. The molecule has 0 aliphatic rings. The van der Waals surface area contributed by atoms with Gasteiger partial charge in [-0.15, -0.1) is 11.3 Å². The molecule has 0 radical (unpaired) electrons. The van der Waals surface area contributed by atoms with Gasteiger partial charge in [-0.05, 0) is 43.3 Å². The first-order valence-corrected chi connectivity index (χ1v) is 7.28. The fraction of sp³-hybridized carbons (Fsp3) is 0.125. The summed E-state index contributed by atoms with van der Waals surface area (Å²) in [4.78, 5) is 13.8. The molecule has 7 heteroatoms. The van der Waals surface area contributed by atoms with Crippen LogP contribution in [0.5, 0.6) is 0 Å². The normalized spacial score (nSPS) is 11.9. The number of benzene rings is 1. The standard InChI is InChI=1S/C16H11F3N2OS/c1-10-5-6-14(23-10)7-11(9-20)15(22)21-13-4-2-3-12(8-13)16(17,18)19/h2-8H,1H3,(H,21,22)/b11-7+. The predicted molar refractivity (Wildman–Crippen MR) is 82.7 cm³/mol. The van der Waals surface area contributed by atoms with Crippen molar-refractivity contribution in [3.8, 4) is 6.07 Å². The summed E-state index contributed by atoms with van der Waals surface area (Å²) in [6.45, 7) is 1.89. The summed E-state index contributed by atoms with van der Waals surface area (Å²) in [5.41, 5.74) is -1.07. The van der Waals surface area contributed by atoms with E-state index in [4.69, 9.17) is 5.26 Å². The SMILES string of the molecule is Cc1ccc(/C=C(\C#N)C(=O)Nc2cccc(C(F)(F)F)c2)s1. The van der Waals surface area contributed by atoms with Crippen molar-refractivity contribution in [3.63, 3.8) is 0 Å². The fourth-order valence-electron chi connectivity index (χ4n) is 1.79. The lowest BCUT2D eigenvalue weighted by Crippen LogP contribution is -2.14. The summed E-state index contributed by atoms with van der Waals surface area (Å²) in [6.07, 6.45) is -3.09. The van der Waals surface area contributed by atoms with E-state index in [9.17, 15) is 18.0 Å². The van der Waals surface area contributed by atoms with Gasteiger partial charge in [0.15, 0.2) is 0 Å². The van der Waals surface area contributed by atoms with Gasteiger partial charge in [0.1, 0.15) is 11.6 Å². The molecular formula is C16H11F3N2OS. The van der Waals surface area contributed by atoms with E-state index in [2.05, 4.69) is 5.32 Å². The first-order chi connectivity index (χ1) is 10.8. The van der Waals surface area contributed by atoms with Crippen LogP contribution in [0.3, 0.4) is 0 Å². The summed E-state index contributed by atoms with van der Waals surface area (Å²) in [6, 6.07) is 9.61. The number of nitrogens with one attached hydrogen (secondary N) is 1. The van der Waals surface area contributed by atoms with Crippen LogP contribution in [0.15, 0.2) is 42.0 Å². The molecule has 2 aromatic rings. The lowest BCUT2D eigenvalue weighted by atomic mass is 10.1. The van der Waals surface area contributed by atoms with Crippen molar-refractivity contribution in [1.82, 2.24) is 0 Å². The number of nitriles is 1. The molecule has 0 bridgehead atoms. The summed E-state index contributed by atoms with van der Waals surface area (Å²) < 4.78 is 37.9. The number of alkyl halides is 3. The Labute approximate surface area is 134 Å². The van der Waals surface area contributed by atoms with E-state index in [1.807, 2.05) is 13.0 Å². The van der Waals surface area contributed by atoms with Crippen molar-refractivity contribution < 1.29 is 18.0 Å². The van der Waals surface area contributed by atoms with Crippen molar-refractivity contribution in [3.05, 3.63) is 57.3 Å². The van der Waals surface area contributed by atoms with E-state index in [0.717, 1.165) is 21.9 Å². The Kier molecular flexibility index (Phi) is 4.86. The lowest BCUT2D eigenvalue weighted by Gasteiger charge is -2.09. The number of thiophene rings is 1. The van der Waals surface area contributed by atoms with Crippen LogP contribution in [0.2, 0.25) is 0 Å². The Bertz CT molecular complexity index is 800. The third-order valence-corrected chi connectivity index (χ3v) is 3.81. The molecule has 1 heterocycles. The summed E-state index contributed by atoms with van der Waals surface area (Å²) >= 11 is 1.40. The molecule has 3 nitrogen and oxygen atoms in total. The average molecular weight is 336 g/mol. The molecule has 2 rings (SSSR count). The third-order valence-electron chi connectivity index (χ3n) is 2.86. The predicted octanol–water partition coefficient (Wildman–Crippen LogP) is 4.62. The number of anilines is 1. The first kappa shape index (κ1) is 16.8. The first-order valence-electron chi connectivity index (χ1n) is 6.46. The molecule has 0 fully saturated rings. The number of carbonyl (C=O) groups excluding carboxylic acids is 1. The number of hydrogen-bond acceptors (Lipinski definition) is 3. The van der Waals surface area contributed by atoms with Crippen LogP contribution < -0.4 is 5.32 Å². The van der Waals surface area contributed by atoms with E-state index < -0.39 is 17.6 Å². The molecule has 0 saturated heterocycles. The van der Waals surface area contributed by atoms with E-state index in [1.54, 1.807) is 12.1 Å². The van der Waals surface area contributed by atoms with Gasteiger partial charge < -0.3 is 5.32 Å². The van der Waals surface area contributed by atoms with Crippen LogP contribution in [0.1, 0.15) is 15.3 Å². The molecule has 0 atom stereocenters. The van der Waals surface area contributed by atoms with Crippen LogP contribution in [-0.2, 0) is 11.0 Å². The van der Waals surface area contributed by atoms with Crippen LogP contribution in [0.4, 0.5) is 18.9 Å². The van der Waals surface area contributed by atoms with Crippen molar-refractivity contribution in [2.75, 3.05) is 5.32 Å². The molecule has 1 aromatic carbocycles. The van der Waals surface area contributed by atoms with Crippen LogP contribution in [-0.4, -0.2) is 5.91 Å². The number of carbonyl (C=O) groups is 1. The number of aryl methyl sites for hydroxylation is 1. The molecule has 1 amide bonds. The average Bonchev–Trinajstić information content (AvgIpc) is 2.89. The fourth-order valence-corrected chi connectivity index (χ4v) is 2.61. The van der Waals surface area contributed by atoms with Crippen molar-refractivity contribution in [1.29, 1.82) is 5.26 Å². The van der Waals surface area contributed by atoms with E-state index in [0.29, 0.717) is 0 Å². The van der Waals surface area contributed by atoms with E-state index in [-0.39, 0.29) is 11.3 Å². The molecule has 1 aromatic heterocycles. The minimum absolute atomic E-state index is 0.0201. The quantitative estimate of drug-likeness (QED) is 0.657. The van der Waals surface area contributed by atoms with Gasteiger partial charge >= 0.3 is 6.18 Å². The van der Waals surface area contributed by atoms with E-state index in [1.165, 1.54) is 29.5 Å². The number of rotatable bonds is 3. The van der Waals surface area contributed by atoms with Gasteiger partial charge in [0.05, 0.1) is 5.56 Å². The van der Waals surface area contributed by atoms with Gasteiger partial charge in [0, 0.05) is 15.4 Å². The number of nitrogens with zero attached hydrogens (tertiary/aromatic N) is 1. The highest BCUT2D eigenvalue weighted by Gasteiger charge is 2.30. The monoisotopic (exact) mass is 336 g/mol. The largest absolute Gasteiger partial charge is 0.416 e. The molecule has 118 valence electrons. The molecule has 1 N–H and O–H groups in total. The molecule has 0 spiro atoms. The Morgan fingerprint density at radius 1 is 1.30 bits per heavy atom. The molecule has 0 aliphatic carbocycles.